The normalized spacial score (nSPS) is 13.1. The van der Waals surface area contributed by atoms with E-state index in [1.807, 2.05) is 19.3 Å². The summed E-state index contributed by atoms with van der Waals surface area (Å²) in [6, 6.07) is 0.480. The highest BCUT2D eigenvalue weighted by molar-refractivity contribution is 5.05. The van der Waals surface area contributed by atoms with Crippen LogP contribution in [-0.2, 0) is 17.7 Å². The monoisotopic (exact) mass is 223 g/mol. The lowest BCUT2D eigenvalue weighted by Crippen LogP contribution is -2.22. The van der Waals surface area contributed by atoms with Crippen molar-refractivity contribution >= 4 is 0 Å². The maximum absolute atomic E-state index is 5.17. The lowest BCUT2D eigenvalue weighted by Gasteiger charge is -2.09. The van der Waals surface area contributed by atoms with Crippen LogP contribution in [-0.4, -0.2) is 29.2 Å². The van der Waals surface area contributed by atoms with Gasteiger partial charge in [-0.15, -0.1) is 0 Å². The number of methoxy groups -OCH3 is 1. The standard InChI is InChI=1S/C12H21N3O/c1-9(2)13-6-11-7-14-12(15-8-11)5-10(3)16-4/h7-10,13H,5-6H2,1-4H3. The van der Waals surface area contributed by atoms with E-state index in [4.69, 9.17) is 4.74 Å². The molecule has 0 radical (unpaired) electrons. The van der Waals surface area contributed by atoms with Crippen molar-refractivity contribution in [3.63, 3.8) is 0 Å². The Labute approximate surface area is 97.5 Å². The Morgan fingerprint density at radius 1 is 1.25 bits per heavy atom. The SMILES string of the molecule is COC(C)Cc1ncc(CNC(C)C)cn1. The first-order valence-electron chi connectivity index (χ1n) is 5.67. The molecule has 0 saturated heterocycles. The van der Waals surface area contributed by atoms with Crippen molar-refractivity contribution in [3.05, 3.63) is 23.8 Å². The van der Waals surface area contributed by atoms with Crippen LogP contribution in [0.2, 0.25) is 0 Å². The molecule has 1 aromatic heterocycles. The molecule has 4 heteroatoms. The number of hydrogen-bond acceptors (Lipinski definition) is 4. The first-order chi connectivity index (χ1) is 7.61. The molecular weight excluding hydrogens is 202 g/mol. The number of rotatable bonds is 6. The van der Waals surface area contributed by atoms with Gasteiger partial charge >= 0.3 is 0 Å². The van der Waals surface area contributed by atoms with Crippen molar-refractivity contribution in [2.45, 2.75) is 45.9 Å². The predicted octanol–water partition coefficient (Wildman–Crippen LogP) is 1.55. The van der Waals surface area contributed by atoms with Gasteiger partial charge in [0.1, 0.15) is 5.82 Å². The number of ether oxygens (including phenoxy) is 1. The maximum atomic E-state index is 5.17. The third-order valence-corrected chi connectivity index (χ3v) is 2.35. The summed E-state index contributed by atoms with van der Waals surface area (Å²) in [5.74, 6) is 0.836. The second-order valence-corrected chi connectivity index (χ2v) is 4.29. The van der Waals surface area contributed by atoms with Gasteiger partial charge in [0.25, 0.3) is 0 Å². The minimum Gasteiger partial charge on any atom is -0.381 e. The van der Waals surface area contributed by atoms with Crippen LogP contribution in [0.4, 0.5) is 0 Å². The molecular formula is C12H21N3O. The molecule has 1 rings (SSSR count). The van der Waals surface area contributed by atoms with Gasteiger partial charge in [0.05, 0.1) is 6.10 Å². The Kier molecular flexibility index (Phi) is 5.35. The first-order valence-corrected chi connectivity index (χ1v) is 5.67. The maximum Gasteiger partial charge on any atom is 0.130 e. The van der Waals surface area contributed by atoms with Gasteiger partial charge < -0.3 is 10.1 Å². The van der Waals surface area contributed by atoms with E-state index in [2.05, 4.69) is 29.1 Å². The highest BCUT2D eigenvalue weighted by Crippen LogP contribution is 2.01. The van der Waals surface area contributed by atoms with E-state index in [-0.39, 0.29) is 6.10 Å². The zero-order valence-electron chi connectivity index (χ0n) is 10.5. The van der Waals surface area contributed by atoms with Gasteiger partial charge in [0.2, 0.25) is 0 Å². The van der Waals surface area contributed by atoms with Crippen molar-refractivity contribution in [3.8, 4) is 0 Å². The van der Waals surface area contributed by atoms with Crippen LogP contribution in [0.1, 0.15) is 32.2 Å². The average Bonchev–Trinajstić information content (AvgIpc) is 2.28. The number of hydrogen-bond donors (Lipinski definition) is 1. The molecule has 0 bridgehead atoms. The van der Waals surface area contributed by atoms with Crippen LogP contribution in [0, 0.1) is 0 Å². The van der Waals surface area contributed by atoms with Crippen molar-refractivity contribution < 1.29 is 4.74 Å². The summed E-state index contributed by atoms with van der Waals surface area (Å²) < 4.78 is 5.17. The summed E-state index contributed by atoms with van der Waals surface area (Å²) in [6.45, 7) is 7.07. The molecule has 0 saturated carbocycles. The summed E-state index contributed by atoms with van der Waals surface area (Å²) in [5, 5.41) is 3.33. The minimum absolute atomic E-state index is 0.166. The highest BCUT2D eigenvalue weighted by atomic mass is 16.5. The predicted molar refractivity (Wildman–Crippen MR) is 64.2 cm³/mol. The molecule has 90 valence electrons. The lowest BCUT2D eigenvalue weighted by atomic mass is 10.2. The van der Waals surface area contributed by atoms with Crippen LogP contribution >= 0.6 is 0 Å². The average molecular weight is 223 g/mol. The molecule has 0 aliphatic rings. The minimum atomic E-state index is 0.166. The smallest absolute Gasteiger partial charge is 0.130 e. The summed E-state index contributed by atoms with van der Waals surface area (Å²) in [5.41, 5.74) is 1.11. The van der Waals surface area contributed by atoms with E-state index in [1.165, 1.54) is 0 Å². The molecule has 1 aromatic rings. The summed E-state index contributed by atoms with van der Waals surface area (Å²) in [6.07, 6.45) is 4.67. The van der Waals surface area contributed by atoms with Gasteiger partial charge in [-0.05, 0) is 6.92 Å². The second-order valence-electron chi connectivity index (χ2n) is 4.29. The molecule has 0 aromatic carbocycles. The van der Waals surface area contributed by atoms with Gasteiger partial charge in [0, 0.05) is 44.1 Å². The first kappa shape index (κ1) is 13.1. The van der Waals surface area contributed by atoms with Crippen LogP contribution in [0.5, 0.6) is 0 Å². The van der Waals surface area contributed by atoms with E-state index in [9.17, 15) is 0 Å². The van der Waals surface area contributed by atoms with Crippen LogP contribution in [0.15, 0.2) is 12.4 Å². The molecule has 1 atom stereocenters. The molecule has 0 spiro atoms. The Bertz CT molecular complexity index is 298. The number of nitrogens with one attached hydrogen (secondary N) is 1. The molecule has 4 nitrogen and oxygen atoms in total. The van der Waals surface area contributed by atoms with E-state index >= 15 is 0 Å². The third-order valence-electron chi connectivity index (χ3n) is 2.35. The fourth-order valence-corrected chi connectivity index (χ4v) is 1.24. The van der Waals surface area contributed by atoms with Crippen molar-refractivity contribution in [2.24, 2.45) is 0 Å². The Balaban J connectivity index is 2.47. The van der Waals surface area contributed by atoms with Gasteiger partial charge in [-0.2, -0.15) is 0 Å². The van der Waals surface area contributed by atoms with Crippen LogP contribution in [0.25, 0.3) is 0 Å². The third kappa shape index (κ3) is 4.68. The lowest BCUT2D eigenvalue weighted by molar-refractivity contribution is 0.117. The Morgan fingerprint density at radius 2 is 1.88 bits per heavy atom. The summed E-state index contributed by atoms with van der Waals surface area (Å²) >= 11 is 0. The number of nitrogens with zero attached hydrogens (tertiary/aromatic N) is 2. The van der Waals surface area contributed by atoms with E-state index < -0.39 is 0 Å². The Morgan fingerprint density at radius 3 is 2.38 bits per heavy atom. The molecule has 16 heavy (non-hydrogen) atoms. The molecule has 0 aliphatic heterocycles. The van der Waals surface area contributed by atoms with Crippen LogP contribution < -0.4 is 5.32 Å². The Hall–Kier alpha value is -1.00. The molecule has 1 unspecified atom stereocenters. The second kappa shape index (κ2) is 6.55. The van der Waals surface area contributed by atoms with Gasteiger partial charge in [-0.1, -0.05) is 13.8 Å². The summed E-state index contributed by atoms with van der Waals surface area (Å²) in [7, 11) is 1.70. The molecule has 1 heterocycles. The summed E-state index contributed by atoms with van der Waals surface area (Å²) in [4.78, 5) is 8.63. The molecule has 0 amide bonds. The van der Waals surface area contributed by atoms with Gasteiger partial charge in [0.15, 0.2) is 0 Å². The van der Waals surface area contributed by atoms with E-state index in [1.54, 1.807) is 7.11 Å². The molecule has 1 N–H and O–H groups in total. The quantitative estimate of drug-likeness (QED) is 0.795. The van der Waals surface area contributed by atoms with E-state index in [0.29, 0.717) is 6.04 Å². The fraction of sp³-hybridized carbons (Fsp3) is 0.667. The molecule has 0 aliphatic carbocycles. The van der Waals surface area contributed by atoms with Crippen molar-refractivity contribution in [2.75, 3.05) is 7.11 Å². The highest BCUT2D eigenvalue weighted by Gasteiger charge is 2.04. The zero-order valence-corrected chi connectivity index (χ0v) is 10.5. The largest absolute Gasteiger partial charge is 0.381 e. The number of aromatic nitrogens is 2. The van der Waals surface area contributed by atoms with Gasteiger partial charge in [-0.25, -0.2) is 9.97 Å². The van der Waals surface area contributed by atoms with Gasteiger partial charge in [-0.3, -0.25) is 0 Å². The topological polar surface area (TPSA) is 47.0 Å². The molecule has 0 fully saturated rings. The van der Waals surface area contributed by atoms with Crippen LogP contribution in [0.3, 0.4) is 0 Å². The van der Waals surface area contributed by atoms with E-state index in [0.717, 1.165) is 24.4 Å². The van der Waals surface area contributed by atoms with Crippen molar-refractivity contribution in [1.29, 1.82) is 0 Å². The zero-order chi connectivity index (χ0) is 12.0. The fourth-order valence-electron chi connectivity index (χ4n) is 1.24. The van der Waals surface area contributed by atoms with Crippen molar-refractivity contribution in [1.82, 2.24) is 15.3 Å².